The van der Waals surface area contributed by atoms with Crippen LogP contribution in [0.25, 0.3) is 11.1 Å². The van der Waals surface area contributed by atoms with Gasteiger partial charge in [-0.05, 0) is 36.6 Å². The van der Waals surface area contributed by atoms with Gasteiger partial charge in [0.05, 0.1) is 23.6 Å². The van der Waals surface area contributed by atoms with E-state index in [-0.39, 0.29) is 48.0 Å². The Labute approximate surface area is 182 Å². The molecule has 1 heterocycles. The molecule has 1 amide bonds. The zero-order valence-corrected chi connectivity index (χ0v) is 17.4. The molecule has 1 saturated carbocycles. The number of nitrogens with one attached hydrogen (secondary N) is 2. The van der Waals surface area contributed by atoms with Gasteiger partial charge in [0.1, 0.15) is 12.2 Å². The number of aromatic nitrogens is 2. The van der Waals surface area contributed by atoms with E-state index in [1.807, 2.05) is 24.3 Å². The molecule has 9 heteroatoms. The molecule has 1 fully saturated rings. The molecular weight excluding hydrogens is 419 g/mol. The fourth-order valence-corrected chi connectivity index (χ4v) is 3.93. The predicted molar refractivity (Wildman–Crippen MR) is 114 cm³/mol. The highest BCUT2D eigenvalue weighted by Gasteiger charge is 2.43. The van der Waals surface area contributed by atoms with Crippen molar-refractivity contribution in [1.29, 1.82) is 5.41 Å². The summed E-state index contributed by atoms with van der Waals surface area (Å²) in [5.41, 5.74) is 0.749. The molecule has 31 heavy (non-hydrogen) atoms. The van der Waals surface area contributed by atoms with Crippen LogP contribution in [0, 0.1) is 11.2 Å². The number of aliphatic hydroxyl groups excluding tert-OH is 1. The molecule has 7 nitrogen and oxygen atoms in total. The monoisotopic (exact) mass is 440 g/mol. The minimum Gasteiger partial charge on any atom is -0.424 e. The smallest absolute Gasteiger partial charge is 0.229 e. The predicted octanol–water partition coefficient (Wildman–Crippen LogP) is 3.37. The first kappa shape index (κ1) is 21.2. The fourth-order valence-electron chi connectivity index (χ4n) is 3.12. The van der Waals surface area contributed by atoms with Gasteiger partial charge >= 0.3 is 0 Å². The maximum Gasteiger partial charge on any atom is 0.229 e. The summed E-state index contributed by atoms with van der Waals surface area (Å²) in [4.78, 5) is 12.8. The second-order valence-corrected chi connectivity index (χ2v) is 8.63. The van der Waals surface area contributed by atoms with Gasteiger partial charge in [-0.25, -0.2) is 4.39 Å². The van der Waals surface area contributed by atoms with Crippen LogP contribution in [-0.2, 0) is 17.6 Å². The fraction of sp³-hybridized carbons (Fsp3) is 0.273. The summed E-state index contributed by atoms with van der Waals surface area (Å²) in [7, 11) is 0. The van der Waals surface area contributed by atoms with Gasteiger partial charge in [0, 0.05) is 10.5 Å². The average molecular weight is 441 g/mol. The van der Waals surface area contributed by atoms with Crippen LogP contribution in [0.3, 0.4) is 0 Å². The number of carbonyl (C=O) groups excluding carboxylic acids is 1. The quantitative estimate of drug-likeness (QED) is 0.281. The van der Waals surface area contributed by atoms with Crippen molar-refractivity contribution < 1.29 is 18.7 Å². The van der Waals surface area contributed by atoms with E-state index >= 15 is 0 Å². The van der Waals surface area contributed by atoms with E-state index in [9.17, 15) is 14.3 Å². The van der Waals surface area contributed by atoms with Gasteiger partial charge < -0.3 is 14.8 Å². The van der Waals surface area contributed by atoms with Gasteiger partial charge in [-0.2, -0.15) is 0 Å². The van der Waals surface area contributed by atoms with E-state index in [4.69, 9.17) is 9.83 Å². The highest BCUT2D eigenvalue weighted by molar-refractivity contribution is 8.13. The van der Waals surface area contributed by atoms with Crippen LogP contribution in [0.4, 0.5) is 4.39 Å². The molecule has 0 spiro atoms. The van der Waals surface area contributed by atoms with Crippen LogP contribution in [0.15, 0.2) is 57.8 Å². The average Bonchev–Trinajstić information content (AvgIpc) is 3.39. The molecule has 160 valence electrons. The molecule has 0 radical (unpaired) electrons. The Morgan fingerprint density at radius 2 is 1.90 bits per heavy atom. The Bertz CT molecular complexity index is 1110. The topological polar surface area (TPSA) is 112 Å². The Kier molecular flexibility index (Phi) is 6.15. The number of aliphatic hydroxyl groups is 1. The van der Waals surface area contributed by atoms with Crippen molar-refractivity contribution in [3.63, 3.8) is 0 Å². The Morgan fingerprint density at radius 3 is 2.61 bits per heavy atom. The molecule has 0 unspecified atom stereocenters. The summed E-state index contributed by atoms with van der Waals surface area (Å²) >= 11 is 1.22. The van der Waals surface area contributed by atoms with Crippen molar-refractivity contribution in [1.82, 2.24) is 15.5 Å². The summed E-state index contributed by atoms with van der Waals surface area (Å²) in [6.45, 7) is -0.0830. The van der Waals surface area contributed by atoms with Crippen molar-refractivity contribution in [2.45, 2.75) is 36.1 Å². The molecule has 0 aliphatic heterocycles. The zero-order valence-electron chi connectivity index (χ0n) is 16.6. The lowest BCUT2D eigenvalue weighted by molar-refractivity contribution is -0.122. The lowest BCUT2D eigenvalue weighted by Gasteiger charge is -2.12. The molecule has 1 aromatic heterocycles. The number of benzene rings is 2. The lowest BCUT2D eigenvalue weighted by Crippen LogP contribution is -2.40. The van der Waals surface area contributed by atoms with Crippen LogP contribution in [0.2, 0.25) is 0 Å². The van der Waals surface area contributed by atoms with Gasteiger partial charge in [-0.15, -0.1) is 10.2 Å². The number of carbonyl (C=O) groups is 1. The zero-order chi connectivity index (χ0) is 21.8. The maximum absolute atomic E-state index is 14.0. The number of halogens is 1. The number of amides is 1. The van der Waals surface area contributed by atoms with Crippen molar-refractivity contribution in [3.8, 4) is 11.1 Å². The Hall–Kier alpha value is -3.04. The molecule has 0 saturated heterocycles. The molecule has 0 bridgehead atoms. The number of rotatable bonds is 8. The normalized spacial score (nSPS) is 14.3. The number of nitrogens with zero attached hydrogens (tertiary/aromatic N) is 2. The molecule has 3 aromatic rings. The number of hydrogen-bond acceptors (Lipinski definition) is 7. The second kappa shape index (κ2) is 8.99. The van der Waals surface area contributed by atoms with Crippen molar-refractivity contribution in [2.24, 2.45) is 0 Å². The second-order valence-electron chi connectivity index (χ2n) is 7.46. The van der Waals surface area contributed by atoms with E-state index < -0.39 is 5.54 Å². The molecule has 3 N–H and O–H groups in total. The summed E-state index contributed by atoms with van der Waals surface area (Å²) < 4.78 is 19.5. The van der Waals surface area contributed by atoms with E-state index in [2.05, 4.69) is 15.5 Å². The molecule has 2 aromatic carbocycles. The van der Waals surface area contributed by atoms with Gasteiger partial charge in [0.2, 0.25) is 17.7 Å². The Morgan fingerprint density at radius 1 is 1.16 bits per heavy atom. The largest absolute Gasteiger partial charge is 0.424 e. The van der Waals surface area contributed by atoms with Crippen molar-refractivity contribution in [2.75, 3.05) is 6.61 Å². The number of hydrogen-bond donors (Lipinski definition) is 3. The van der Waals surface area contributed by atoms with E-state index in [0.29, 0.717) is 5.56 Å². The first-order valence-corrected chi connectivity index (χ1v) is 10.6. The van der Waals surface area contributed by atoms with E-state index in [1.165, 1.54) is 17.8 Å². The van der Waals surface area contributed by atoms with Gasteiger partial charge in [0.25, 0.3) is 0 Å². The summed E-state index contributed by atoms with van der Waals surface area (Å²) in [5.74, 6) is -0.167. The lowest BCUT2D eigenvalue weighted by atomic mass is 10.1. The third kappa shape index (κ3) is 5.36. The van der Waals surface area contributed by atoms with Crippen LogP contribution in [0.1, 0.15) is 24.6 Å². The van der Waals surface area contributed by atoms with Gasteiger partial charge in [-0.3, -0.25) is 10.2 Å². The highest BCUT2D eigenvalue weighted by atomic mass is 32.2. The van der Waals surface area contributed by atoms with Gasteiger partial charge in [-0.1, -0.05) is 42.1 Å². The first-order valence-electron chi connectivity index (χ1n) is 9.80. The third-order valence-corrected chi connectivity index (χ3v) is 5.83. The molecular formula is C22H21FN4O3S. The number of thioether (sulfide) groups is 1. The van der Waals surface area contributed by atoms with Crippen LogP contribution < -0.4 is 5.32 Å². The minimum atomic E-state index is -0.490. The molecule has 1 aliphatic rings. The summed E-state index contributed by atoms with van der Waals surface area (Å²) in [6, 6.07) is 13.9. The first-order chi connectivity index (χ1) is 15.0. The van der Waals surface area contributed by atoms with Crippen LogP contribution in [-0.4, -0.2) is 38.4 Å². The molecule has 0 atom stereocenters. The third-order valence-electron chi connectivity index (χ3n) is 4.95. The van der Waals surface area contributed by atoms with Crippen LogP contribution >= 0.6 is 11.8 Å². The molecule has 1 aliphatic carbocycles. The summed E-state index contributed by atoms with van der Waals surface area (Å²) in [6.07, 6.45) is 1.58. The summed E-state index contributed by atoms with van der Waals surface area (Å²) in [5, 5.41) is 28.4. The maximum atomic E-state index is 14.0. The highest BCUT2D eigenvalue weighted by Crippen LogP contribution is 2.34. The van der Waals surface area contributed by atoms with Crippen molar-refractivity contribution in [3.05, 3.63) is 66.1 Å². The van der Waals surface area contributed by atoms with E-state index in [0.717, 1.165) is 23.3 Å². The van der Waals surface area contributed by atoms with Gasteiger partial charge in [0.15, 0.2) is 0 Å². The Balaban J connectivity index is 1.34. The molecule has 4 rings (SSSR count). The standard InChI is InChI=1S/C22H21FN4O3S/c23-17-7-2-1-6-16(17)14-4-3-5-15(10-14)31-18(24)11-20-26-27-21(30-20)12-19(29)25-22(13-28)8-9-22/h1-7,10,24,28H,8-9,11-13H2,(H,25,29). The van der Waals surface area contributed by atoms with Crippen LogP contribution in [0.5, 0.6) is 0 Å². The van der Waals surface area contributed by atoms with Crippen molar-refractivity contribution >= 4 is 22.7 Å². The SMILES string of the molecule is N=C(Cc1nnc(CC(=O)NC2(CO)CC2)o1)Sc1cccc(-c2ccccc2F)c1. The minimum absolute atomic E-state index is 0.0695. The van der Waals surface area contributed by atoms with E-state index in [1.54, 1.807) is 18.2 Å².